The predicted molar refractivity (Wildman–Crippen MR) is 79.1 cm³/mol. The van der Waals surface area contributed by atoms with E-state index in [0.717, 1.165) is 0 Å². The van der Waals surface area contributed by atoms with E-state index >= 15 is 0 Å². The molecule has 2 aromatic rings. The molecule has 90 valence electrons. The zero-order valence-electron chi connectivity index (χ0n) is 10.8. The van der Waals surface area contributed by atoms with Crippen molar-refractivity contribution in [3.05, 3.63) is 59.7 Å². The van der Waals surface area contributed by atoms with Crippen LogP contribution in [0.3, 0.4) is 0 Å². The Morgan fingerprint density at radius 2 is 1.17 bits per heavy atom. The predicted octanol–water partition coefficient (Wildman–Crippen LogP) is 4.72. The summed E-state index contributed by atoms with van der Waals surface area (Å²) in [6.07, 6.45) is 4.41. The number of rotatable bonds is 1. The highest BCUT2D eigenvalue weighted by atomic mass is 15.2. The lowest BCUT2D eigenvalue weighted by atomic mass is 10.1. The van der Waals surface area contributed by atoms with Crippen LogP contribution in [0.25, 0.3) is 12.2 Å². The fourth-order valence-electron chi connectivity index (χ4n) is 2.56. The van der Waals surface area contributed by atoms with E-state index in [9.17, 15) is 0 Å². The topological polar surface area (TPSA) is 3.24 Å². The maximum Gasteiger partial charge on any atom is 0.0486 e. The molecule has 1 heteroatoms. The summed E-state index contributed by atoms with van der Waals surface area (Å²) in [4.78, 5) is 2.41. The van der Waals surface area contributed by atoms with Gasteiger partial charge in [0.2, 0.25) is 0 Å². The monoisotopic (exact) mass is 235 g/mol. The largest absolute Gasteiger partial charge is 0.338 e. The van der Waals surface area contributed by atoms with Crippen LogP contribution < -0.4 is 4.90 Å². The number of anilines is 2. The molecule has 1 nitrogen and oxygen atoms in total. The summed E-state index contributed by atoms with van der Waals surface area (Å²) in [6.45, 7) is 4.47. The summed E-state index contributed by atoms with van der Waals surface area (Å²) >= 11 is 0. The van der Waals surface area contributed by atoms with Crippen molar-refractivity contribution in [3.63, 3.8) is 0 Å². The molecule has 0 N–H and O–H groups in total. The van der Waals surface area contributed by atoms with E-state index in [1.165, 1.54) is 22.5 Å². The first-order valence-corrected chi connectivity index (χ1v) is 6.43. The fraction of sp³-hybridized carbons (Fsp3) is 0.176. The second-order valence-corrected chi connectivity index (χ2v) is 4.91. The first-order chi connectivity index (χ1) is 8.77. The van der Waals surface area contributed by atoms with E-state index in [1.54, 1.807) is 0 Å². The third-order valence-electron chi connectivity index (χ3n) is 3.35. The molecule has 18 heavy (non-hydrogen) atoms. The first kappa shape index (κ1) is 11.1. The molecule has 3 rings (SSSR count). The zero-order chi connectivity index (χ0) is 12.5. The molecule has 0 amide bonds. The number of benzene rings is 2. The SMILES string of the molecule is CC(C)N1c2ccccc2C=Cc2ccccc21. The van der Waals surface area contributed by atoms with E-state index in [-0.39, 0.29) is 0 Å². The van der Waals surface area contributed by atoms with Crippen molar-refractivity contribution in [1.29, 1.82) is 0 Å². The van der Waals surface area contributed by atoms with Crippen LogP contribution >= 0.6 is 0 Å². The molecule has 0 radical (unpaired) electrons. The van der Waals surface area contributed by atoms with Gasteiger partial charge in [-0.05, 0) is 37.1 Å². The lowest BCUT2D eigenvalue weighted by Crippen LogP contribution is -2.26. The highest BCUT2D eigenvalue weighted by molar-refractivity contribution is 5.88. The van der Waals surface area contributed by atoms with E-state index in [1.807, 2.05) is 0 Å². The standard InChI is InChI=1S/C17H17N/c1-13(2)18-16-9-5-3-7-14(16)11-12-15-8-4-6-10-17(15)18/h3-13H,1-2H3. The van der Waals surface area contributed by atoms with E-state index < -0.39 is 0 Å². The quantitative estimate of drug-likeness (QED) is 0.691. The van der Waals surface area contributed by atoms with Crippen molar-refractivity contribution in [2.24, 2.45) is 0 Å². The third kappa shape index (κ3) is 1.72. The summed E-state index contributed by atoms with van der Waals surface area (Å²) in [6, 6.07) is 17.6. The number of hydrogen-bond acceptors (Lipinski definition) is 1. The van der Waals surface area contributed by atoms with Gasteiger partial charge in [-0.15, -0.1) is 0 Å². The lowest BCUT2D eigenvalue weighted by molar-refractivity contribution is 0.788. The average molecular weight is 235 g/mol. The molecule has 0 saturated heterocycles. The average Bonchev–Trinajstić information content (AvgIpc) is 2.55. The Balaban J connectivity index is 2.27. The van der Waals surface area contributed by atoms with Crippen molar-refractivity contribution in [1.82, 2.24) is 0 Å². The second kappa shape index (κ2) is 4.34. The molecule has 0 fully saturated rings. The normalized spacial score (nSPS) is 13.2. The van der Waals surface area contributed by atoms with Crippen LogP contribution in [0.4, 0.5) is 11.4 Å². The summed E-state index contributed by atoms with van der Waals surface area (Å²) in [5.74, 6) is 0. The molecular formula is C17H17N. The number of hydrogen-bond donors (Lipinski definition) is 0. The van der Waals surface area contributed by atoms with Gasteiger partial charge in [0.25, 0.3) is 0 Å². The van der Waals surface area contributed by atoms with Gasteiger partial charge in [-0.25, -0.2) is 0 Å². The molecular weight excluding hydrogens is 218 g/mol. The Labute approximate surface area is 108 Å². The van der Waals surface area contributed by atoms with Gasteiger partial charge in [0.15, 0.2) is 0 Å². The Hall–Kier alpha value is -2.02. The van der Waals surface area contributed by atoms with Crippen molar-refractivity contribution in [3.8, 4) is 0 Å². The summed E-state index contributed by atoms with van der Waals surface area (Å²) in [5, 5.41) is 0. The van der Waals surface area contributed by atoms with Gasteiger partial charge < -0.3 is 4.90 Å². The van der Waals surface area contributed by atoms with Crippen molar-refractivity contribution < 1.29 is 0 Å². The van der Waals surface area contributed by atoms with Crippen LogP contribution in [0.15, 0.2) is 48.5 Å². The van der Waals surface area contributed by atoms with Crippen molar-refractivity contribution >= 4 is 23.5 Å². The van der Waals surface area contributed by atoms with Gasteiger partial charge in [-0.3, -0.25) is 0 Å². The Bertz CT molecular complexity index is 547. The van der Waals surface area contributed by atoms with E-state index in [4.69, 9.17) is 0 Å². The van der Waals surface area contributed by atoms with Crippen LogP contribution in [-0.2, 0) is 0 Å². The molecule has 1 aliphatic rings. The van der Waals surface area contributed by atoms with Gasteiger partial charge in [-0.1, -0.05) is 48.6 Å². The number of fused-ring (bicyclic) bond motifs is 2. The number of nitrogens with zero attached hydrogens (tertiary/aromatic N) is 1. The fourth-order valence-corrected chi connectivity index (χ4v) is 2.56. The second-order valence-electron chi connectivity index (χ2n) is 4.91. The molecule has 2 aromatic carbocycles. The Morgan fingerprint density at radius 1 is 0.722 bits per heavy atom. The summed E-state index contributed by atoms with van der Waals surface area (Å²) < 4.78 is 0. The molecule has 0 unspecified atom stereocenters. The molecule has 0 spiro atoms. The molecule has 1 aliphatic heterocycles. The number of para-hydroxylation sites is 2. The van der Waals surface area contributed by atoms with Crippen LogP contribution in [-0.4, -0.2) is 6.04 Å². The van der Waals surface area contributed by atoms with Crippen LogP contribution in [0, 0.1) is 0 Å². The van der Waals surface area contributed by atoms with Gasteiger partial charge in [0.05, 0.1) is 0 Å². The molecule has 0 aromatic heterocycles. The van der Waals surface area contributed by atoms with Gasteiger partial charge >= 0.3 is 0 Å². The smallest absolute Gasteiger partial charge is 0.0486 e. The van der Waals surface area contributed by atoms with Gasteiger partial charge in [0.1, 0.15) is 0 Å². The highest BCUT2D eigenvalue weighted by Crippen LogP contribution is 2.37. The Kier molecular flexibility index (Phi) is 2.67. The minimum atomic E-state index is 0.437. The minimum absolute atomic E-state index is 0.437. The molecule has 0 bridgehead atoms. The van der Waals surface area contributed by atoms with Crippen molar-refractivity contribution in [2.75, 3.05) is 4.90 Å². The van der Waals surface area contributed by atoms with Crippen LogP contribution in [0.1, 0.15) is 25.0 Å². The van der Waals surface area contributed by atoms with E-state index in [0.29, 0.717) is 6.04 Å². The molecule has 0 aliphatic carbocycles. The molecule has 0 saturated carbocycles. The van der Waals surface area contributed by atoms with Crippen LogP contribution in [0.2, 0.25) is 0 Å². The first-order valence-electron chi connectivity index (χ1n) is 6.43. The van der Waals surface area contributed by atoms with E-state index in [2.05, 4.69) is 79.4 Å². The Morgan fingerprint density at radius 3 is 1.61 bits per heavy atom. The zero-order valence-corrected chi connectivity index (χ0v) is 10.8. The summed E-state index contributed by atoms with van der Waals surface area (Å²) in [7, 11) is 0. The highest BCUT2D eigenvalue weighted by Gasteiger charge is 2.19. The maximum absolute atomic E-state index is 2.41. The molecule has 1 heterocycles. The van der Waals surface area contributed by atoms with Gasteiger partial charge in [0, 0.05) is 17.4 Å². The van der Waals surface area contributed by atoms with Crippen molar-refractivity contribution in [2.45, 2.75) is 19.9 Å². The maximum atomic E-state index is 2.41. The lowest BCUT2D eigenvalue weighted by Gasteiger charge is -2.30. The third-order valence-corrected chi connectivity index (χ3v) is 3.35. The summed E-state index contributed by atoms with van der Waals surface area (Å²) in [5.41, 5.74) is 5.13. The van der Waals surface area contributed by atoms with Crippen LogP contribution in [0.5, 0.6) is 0 Å². The molecule has 0 atom stereocenters. The minimum Gasteiger partial charge on any atom is -0.338 e. The van der Waals surface area contributed by atoms with Gasteiger partial charge in [-0.2, -0.15) is 0 Å².